The van der Waals surface area contributed by atoms with Crippen LogP contribution in [0.4, 0.5) is 0 Å². The molecule has 0 unspecified atom stereocenters. The van der Waals surface area contributed by atoms with Crippen LogP contribution in [0.1, 0.15) is 74.1 Å². The zero-order valence-electron chi connectivity index (χ0n) is 19.1. The number of hydrogen-bond donors (Lipinski definition) is 2. The molecule has 0 aromatic rings. The number of carbonyl (C=O) groups is 2. The average molecular weight is 415 g/mol. The van der Waals surface area contributed by atoms with Gasteiger partial charge in [-0.25, -0.2) is 0 Å². The number of ether oxygens (including phenoxy) is 2. The normalized spacial score (nSPS) is 18.4. The second kappa shape index (κ2) is 15.8. The summed E-state index contributed by atoms with van der Waals surface area (Å²) < 4.78 is 10.7. The van der Waals surface area contributed by atoms with E-state index < -0.39 is 0 Å². The summed E-state index contributed by atoms with van der Waals surface area (Å²) in [7, 11) is 0. The largest absolute Gasteiger partial charge is 0.377 e. The monoisotopic (exact) mass is 414 g/mol. The minimum Gasteiger partial charge on any atom is -0.377 e. The maximum Gasteiger partial charge on any atom is 0.223 e. The van der Waals surface area contributed by atoms with Crippen LogP contribution in [-0.2, 0) is 19.1 Å². The molecule has 29 heavy (non-hydrogen) atoms. The van der Waals surface area contributed by atoms with Gasteiger partial charge in [0.15, 0.2) is 0 Å². The molecule has 2 N–H and O–H groups in total. The average Bonchev–Trinajstić information content (AvgIpc) is 2.73. The Morgan fingerprint density at radius 2 is 1.59 bits per heavy atom. The van der Waals surface area contributed by atoms with Crippen molar-refractivity contribution >= 4 is 11.7 Å². The molecule has 1 aliphatic carbocycles. The van der Waals surface area contributed by atoms with Crippen LogP contribution in [0.25, 0.3) is 0 Å². The number of amides is 1. The Balaban J connectivity index is 0.000000603. The minimum absolute atomic E-state index is 0. The SMILES string of the molecule is CC(C)C(=O)C1CCCCC1.CC(C)OCCOCCNC(=O)C1CCNCC1.[HH]. The summed E-state index contributed by atoms with van der Waals surface area (Å²) in [5, 5.41) is 6.17. The summed E-state index contributed by atoms with van der Waals surface area (Å²) in [6, 6.07) is 0. The maximum absolute atomic E-state index is 11.8. The van der Waals surface area contributed by atoms with Crippen molar-refractivity contribution in [2.45, 2.75) is 78.7 Å². The van der Waals surface area contributed by atoms with Gasteiger partial charge in [0.25, 0.3) is 0 Å². The summed E-state index contributed by atoms with van der Waals surface area (Å²) in [4.78, 5) is 23.3. The molecule has 6 nitrogen and oxygen atoms in total. The molecular formula is C23H46N2O4. The molecule has 2 aliphatic rings. The van der Waals surface area contributed by atoms with E-state index in [9.17, 15) is 9.59 Å². The lowest BCUT2D eigenvalue weighted by atomic mass is 9.83. The predicted octanol–water partition coefficient (Wildman–Crippen LogP) is 3.58. The van der Waals surface area contributed by atoms with E-state index in [4.69, 9.17) is 9.47 Å². The minimum atomic E-state index is 0. The van der Waals surface area contributed by atoms with Gasteiger partial charge < -0.3 is 20.1 Å². The van der Waals surface area contributed by atoms with Crippen molar-refractivity contribution in [3.63, 3.8) is 0 Å². The third kappa shape index (κ3) is 12.3. The Kier molecular flexibility index (Phi) is 14.2. The first kappa shape index (κ1) is 26.1. The Hall–Kier alpha value is -0.980. The van der Waals surface area contributed by atoms with Gasteiger partial charge in [0.1, 0.15) is 5.78 Å². The van der Waals surface area contributed by atoms with Crippen LogP contribution in [0.5, 0.6) is 0 Å². The van der Waals surface area contributed by atoms with E-state index in [0.29, 0.717) is 38.1 Å². The molecule has 172 valence electrons. The molecule has 0 aromatic heterocycles. The summed E-state index contributed by atoms with van der Waals surface area (Å²) in [5.74, 6) is 1.49. The van der Waals surface area contributed by atoms with Gasteiger partial charge in [-0.15, -0.1) is 0 Å². The van der Waals surface area contributed by atoms with Crippen molar-refractivity contribution in [1.82, 2.24) is 10.6 Å². The molecule has 2 rings (SSSR count). The van der Waals surface area contributed by atoms with E-state index in [1.54, 1.807) is 0 Å². The predicted molar refractivity (Wildman–Crippen MR) is 119 cm³/mol. The molecule has 1 heterocycles. The van der Waals surface area contributed by atoms with Crippen molar-refractivity contribution in [1.29, 1.82) is 0 Å². The second-order valence-corrected chi connectivity index (χ2v) is 8.74. The maximum atomic E-state index is 11.8. The standard InChI is InChI=1S/C13H26N2O3.C10H18O.H2/c1-11(2)18-10-9-17-8-7-15-13(16)12-3-5-14-6-4-12;1-8(2)10(11)9-6-4-3-5-7-9;/h11-12,14H,3-10H2,1-2H3,(H,15,16);8-9H,3-7H2,1-2H3;1H. The number of nitrogens with one attached hydrogen (secondary N) is 2. The fraction of sp³-hybridized carbons (Fsp3) is 0.913. The first-order valence-corrected chi connectivity index (χ1v) is 11.6. The van der Waals surface area contributed by atoms with Crippen LogP contribution in [-0.4, -0.2) is 57.2 Å². The van der Waals surface area contributed by atoms with Gasteiger partial charge >= 0.3 is 0 Å². The molecule has 1 saturated heterocycles. The van der Waals surface area contributed by atoms with Gasteiger partial charge in [-0.05, 0) is 52.6 Å². The van der Waals surface area contributed by atoms with E-state index >= 15 is 0 Å². The van der Waals surface area contributed by atoms with E-state index in [-0.39, 0.29) is 25.3 Å². The lowest BCUT2D eigenvalue weighted by molar-refractivity contribution is -0.127. The third-order valence-corrected chi connectivity index (χ3v) is 5.51. The molecular weight excluding hydrogens is 368 g/mol. The van der Waals surface area contributed by atoms with Crippen LogP contribution in [0.2, 0.25) is 0 Å². The molecule has 0 bridgehead atoms. The van der Waals surface area contributed by atoms with Gasteiger partial charge in [0, 0.05) is 25.7 Å². The number of hydrogen-bond acceptors (Lipinski definition) is 5. The summed E-state index contributed by atoms with van der Waals surface area (Å²) in [5.41, 5.74) is 0. The van der Waals surface area contributed by atoms with Gasteiger partial charge in [-0.1, -0.05) is 33.1 Å². The lowest BCUT2D eigenvalue weighted by Crippen LogP contribution is -2.39. The van der Waals surface area contributed by atoms with Crippen molar-refractivity contribution in [2.24, 2.45) is 17.8 Å². The number of piperidine rings is 1. The smallest absolute Gasteiger partial charge is 0.223 e. The Bertz CT molecular complexity index is 448. The number of rotatable bonds is 10. The Labute approximate surface area is 179 Å². The topological polar surface area (TPSA) is 76.7 Å². The number of carbonyl (C=O) groups excluding carboxylic acids is 2. The highest BCUT2D eigenvalue weighted by Gasteiger charge is 2.22. The van der Waals surface area contributed by atoms with Crippen LogP contribution >= 0.6 is 0 Å². The zero-order chi connectivity index (χ0) is 21.5. The molecule has 0 spiro atoms. The Morgan fingerprint density at radius 1 is 0.931 bits per heavy atom. The van der Waals surface area contributed by atoms with Gasteiger partial charge in [-0.3, -0.25) is 9.59 Å². The zero-order valence-corrected chi connectivity index (χ0v) is 19.1. The molecule has 0 radical (unpaired) electrons. The molecule has 0 aromatic carbocycles. The van der Waals surface area contributed by atoms with Crippen molar-refractivity contribution in [3.8, 4) is 0 Å². The van der Waals surface area contributed by atoms with E-state index in [2.05, 4.69) is 10.6 Å². The molecule has 0 atom stereocenters. The fourth-order valence-electron chi connectivity index (χ4n) is 3.78. The summed E-state index contributed by atoms with van der Waals surface area (Å²) in [6.45, 7) is 12.2. The second-order valence-electron chi connectivity index (χ2n) is 8.74. The lowest BCUT2D eigenvalue weighted by Gasteiger charge is -2.21. The van der Waals surface area contributed by atoms with Crippen molar-refractivity contribution < 1.29 is 20.5 Å². The number of ketones is 1. The Morgan fingerprint density at radius 3 is 2.17 bits per heavy atom. The summed E-state index contributed by atoms with van der Waals surface area (Å²) >= 11 is 0. The van der Waals surface area contributed by atoms with Crippen LogP contribution in [0.15, 0.2) is 0 Å². The van der Waals surface area contributed by atoms with Gasteiger partial charge in [0.2, 0.25) is 5.91 Å². The van der Waals surface area contributed by atoms with Gasteiger partial charge in [-0.2, -0.15) is 0 Å². The quantitative estimate of drug-likeness (QED) is 0.534. The summed E-state index contributed by atoms with van der Waals surface area (Å²) in [6.07, 6.45) is 8.29. The first-order valence-electron chi connectivity index (χ1n) is 11.6. The third-order valence-electron chi connectivity index (χ3n) is 5.51. The van der Waals surface area contributed by atoms with E-state index in [1.165, 1.54) is 19.3 Å². The number of Topliss-reactive ketones (excluding diaryl/α,β-unsaturated/α-hetero) is 1. The van der Waals surface area contributed by atoms with Crippen molar-refractivity contribution in [3.05, 3.63) is 0 Å². The van der Waals surface area contributed by atoms with Gasteiger partial charge in [0.05, 0.1) is 25.9 Å². The first-order chi connectivity index (χ1) is 13.9. The highest BCUT2D eigenvalue weighted by Crippen LogP contribution is 2.26. The van der Waals surface area contributed by atoms with Crippen LogP contribution in [0.3, 0.4) is 0 Å². The van der Waals surface area contributed by atoms with E-state index in [1.807, 2.05) is 27.7 Å². The van der Waals surface area contributed by atoms with E-state index in [0.717, 1.165) is 38.8 Å². The van der Waals surface area contributed by atoms with Crippen molar-refractivity contribution in [2.75, 3.05) is 39.5 Å². The highest BCUT2D eigenvalue weighted by atomic mass is 16.5. The molecule has 2 fully saturated rings. The highest BCUT2D eigenvalue weighted by molar-refractivity contribution is 5.82. The van der Waals surface area contributed by atoms with Crippen LogP contribution in [0, 0.1) is 17.8 Å². The van der Waals surface area contributed by atoms with Crippen LogP contribution < -0.4 is 10.6 Å². The molecule has 1 aliphatic heterocycles. The molecule has 6 heteroatoms. The molecule has 1 amide bonds. The molecule has 1 saturated carbocycles. The fourth-order valence-corrected chi connectivity index (χ4v) is 3.78.